The Bertz CT molecular complexity index is 1200. The molecule has 2 heterocycles. The van der Waals surface area contributed by atoms with Crippen LogP contribution in [-0.2, 0) is 4.79 Å². The fourth-order valence-corrected chi connectivity index (χ4v) is 3.84. The predicted octanol–water partition coefficient (Wildman–Crippen LogP) is 5.48. The Hall–Kier alpha value is -3.78. The Labute approximate surface area is 168 Å². The lowest BCUT2D eigenvalue weighted by Crippen LogP contribution is -1.96. The highest BCUT2D eigenvalue weighted by atomic mass is 32.1. The average molecular weight is 406 g/mol. The van der Waals surface area contributed by atoms with Gasteiger partial charge in [-0.2, -0.15) is 0 Å². The maximum Gasteiger partial charge on any atom is 0.307 e. The van der Waals surface area contributed by atoms with Gasteiger partial charge in [-0.3, -0.25) is 14.9 Å². The number of nitro benzene ring substituents is 1. The molecule has 29 heavy (non-hydrogen) atoms. The smallest absolute Gasteiger partial charge is 0.307 e. The van der Waals surface area contributed by atoms with E-state index in [1.807, 2.05) is 24.3 Å². The van der Waals surface area contributed by atoms with Crippen molar-refractivity contribution >= 4 is 44.9 Å². The Morgan fingerprint density at radius 3 is 2.59 bits per heavy atom. The Balaban J connectivity index is 1.67. The number of non-ortho nitro benzene ring substituents is 1. The third kappa shape index (κ3) is 4.07. The Morgan fingerprint density at radius 1 is 1.14 bits per heavy atom. The molecule has 0 spiro atoms. The van der Waals surface area contributed by atoms with Crippen LogP contribution in [0.2, 0.25) is 0 Å². The SMILES string of the molecule is O=C(O)C/C(=C/c1ccc(-c2ccc([N+](=O)[O-])cc2)o1)c1nc2ccccc2s1. The second-order valence-corrected chi connectivity index (χ2v) is 7.26. The van der Waals surface area contributed by atoms with Crippen LogP contribution >= 0.6 is 11.3 Å². The van der Waals surface area contributed by atoms with E-state index in [9.17, 15) is 20.0 Å². The first kappa shape index (κ1) is 18.6. The molecule has 0 saturated heterocycles. The fourth-order valence-electron chi connectivity index (χ4n) is 2.87. The van der Waals surface area contributed by atoms with Crippen molar-refractivity contribution in [1.82, 2.24) is 4.98 Å². The van der Waals surface area contributed by atoms with Crippen molar-refractivity contribution in [1.29, 1.82) is 0 Å². The van der Waals surface area contributed by atoms with Crippen LogP contribution in [0.5, 0.6) is 0 Å². The normalized spacial score (nSPS) is 11.7. The molecule has 0 saturated carbocycles. The summed E-state index contributed by atoms with van der Waals surface area (Å²) in [6.07, 6.45) is 1.48. The van der Waals surface area contributed by atoms with E-state index in [2.05, 4.69) is 4.98 Å². The number of hydrogen-bond donors (Lipinski definition) is 1. The van der Waals surface area contributed by atoms with Crippen molar-refractivity contribution in [2.45, 2.75) is 6.42 Å². The van der Waals surface area contributed by atoms with Crippen molar-refractivity contribution in [2.75, 3.05) is 0 Å². The third-order valence-corrected chi connectivity index (χ3v) is 5.33. The van der Waals surface area contributed by atoms with Crippen molar-refractivity contribution in [3.05, 3.63) is 81.5 Å². The number of aromatic nitrogens is 1. The van der Waals surface area contributed by atoms with Gasteiger partial charge in [-0.25, -0.2) is 4.98 Å². The number of nitrogens with zero attached hydrogens (tertiary/aromatic N) is 2. The molecule has 0 unspecified atom stereocenters. The van der Waals surface area contributed by atoms with Gasteiger partial charge in [0.25, 0.3) is 5.69 Å². The number of para-hydroxylation sites is 1. The molecule has 0 atom stereocenters. The van der Waals surface area contributed by atoms with E-state index in [4.69, 9.17) is 4.42 Å². The van der Waals surface area contributed by atoms with Crippen LogP contribution in [0.15, 0.2) is 65.1 Å². The van der Waals surface area contributed by atoms with Gasteiger partial charge in [0.15, 0.2) is 0 Å². The second-order valence-electron chi connectivity index (χ2n) is 6.23. The number of nitro groups is 1. The summed E-state index contributed by atoms with van der Waals surface area (Å²) in [4.78, 5) is 26.2. The summed E-state index contributed by atoms with van der Waals surface area (Å²) in [5.74, 6) is 0.0524. The number of carbonyl (C=O) groups is 1. The molecule has 0 aliphatic rings. The van der Waals surface area contributed by atoms with Crippen molar-refractivity contribution < 1.29 is 19.2 Å². The van der Waals surface area contributed by atoms with E-state index in [1.54, 1.807) is 30.3 Å². The summed E-state index contributed by atoms with van der Waals surface area (Å²) in [7, 11) is 0. The number of benzene rings is 2. The zero-order chi connectivity index (χ0) is 20.4. The fraction of sp³-hybridized carbons (Fsp3) is 0.0476. The molecule has 0 aliphatic heterocycles. The molecule has 144 valence electrons. The van der Waals surface area contributed by atoms with E-state index < -0.39 is 10.9 Å². The largest absolute Gasteiger partial charge is 0.481 e. The minimum Gasteiger partial charge on any atom is -0.481 e. The first-order valence-corrected chi connectivity index (χ1v) is 9.44. The third-order valence-electron chi connectivity index (χ3n) is 4.22. The van der Waals surface area contributed by atoms with Gasteiger partial charge in [-0.05, 0) is 42.5 Å². The van der Waals surface area contributed by atoms with Gasteiger partial charge >= 0.3 is 5.97 Å². The number of fused-ring (bicyclic) bond motifs is 1. The summed E-state index contributed by atoms with van der Waals surface area (Å²) in [5, 5.41) is 20.7. The van der Waals surface area contributed by atoms with Gasteiger partial charge in [0.2, 0.25) is 0 Å². The lowest BCUT2D eigenvalue weighted by molar-refractivity contribution is -0.384. The first-order chi connectivity index (χ1) is 14.0. The van der Waals surface area contributed by atoms with Crippen LogP contribution in [0.1, 0.15) is 17.2 Å². The minimum atomic E-state index is -0.961. The minimum absolute atomic E-state index is 0.00000538. The first-order valence-electron chi connectivity index (χ1n) is 8.62. The quantitative estimate of drug-likeness (QED) is 0.336. The van der Waals surface area contributed by atoms with Gasteiger partial charge in [0.1, 0.15) is 16.5 Å². The number of aliphatic carboxylic acids is 1. The number of carboxylic acid groups (broad SMARTS) is 1. The lowest BCUT2D eigenvalue weighted by atomic mass is 10.1. The van der Waals surface area contributed by atoms with Crippen molar-refractivity contribution in [3.63, 3.8) is 0 Å². The van der Waals surface area contributed by atoms with Gasteiger partial charge in [0, 0.05) is 23.3 Å². The molecule has 7 nitrogen and oxygen atoms in total. The average Bonchev–Trinajstić information content (AvgIpc) is 3.34. The maximum absolute atomic E-state index is 11.4. The van der Waals surface area contributed by atoms with E-state index >= 15 is 0 Å². The molecular formula is C21H14N2O5S. The van der Waals surface area contributed by atoms with Gasteiger partial charge in [0.05, 0.1) is 21.6 Å². The highest BCUT2D eigenvalue weighted by molar-refractivity contribution is 7.19. The predicted molar refractivity (Wildman–Crippen MR) is 111 cm³/mol. The summed E-state index contributed by atoms with van der Waals surface area (Å²) < 4.78 is 6.79. The number of rotatable bonds is 6. The topological polar surface area (TPSA) is 106 Å². The molecule has 0 radical (unpaired) electrons. The van der Waals surface area contributed by atoms with Crippen LogP contribution in [-0.4, -0.2) is 21.0 Å². The molecule has 0 fully saturated rings. The summed E-state index contributed by atoms with van der Waals surface area (Å²) in [5.41, 5.74) is 2.05. The van der Waals surface area contributed by atoms with E-state index in [-0.39, 0.29) is 12.1 Å². The molecule has 0 aliphatic carbocycles. The molecule has 4 aromatic rings. The van der Waals surface area contributed by atoms with Gasteiger partial charge < -0.3 is 9.52 Å². The van der Waals surface area contributed by atoms with Crippen LogP contribution in [0.25, 0.3) is 33.2 Å². The number of hydrogen-bond acceptors (Lipinski definition) is 6. The summed E-state index contributed by atoms with van der Waals surface area (Å²) in [6, 6.07) is 17.1. The van der Waals surface area contributed by atoms with Crippen LogP contribution in [0, 0.1) is 10.1 Å². The molecule has 4 rings (SSSR count). The highest BCUT2D eigenvalue weighted by Gasteiger charge is 2.14. The van der Waals surface area contributed by atoms with Crippen LogP contribution < -0.4 is 0 Å². The molecule has 2 aromatic heterocycles. The van der Waals surface area contributed by atoms with E-state index in [1.165, 1.54) is 23.5 Å². The van der Waals surface area contributed by atoms with Gasteiger partial charge in [-0.15, -0.1) is 11.3 Å². The second kappa shape index (κ2) is 7.69. The standard InChI is InChI=1S/C21H14N2O5S/c24-20(25)12-14(21-22-17-3-1-2-4-19(17)29-21)11-16-9-10-18(28-16)13-5-7-15(8-6-13)23(26)27/h1-11H,12H2,(H,24,25)/b14-11-. The Morgan fingerprint density at radius 2 is 1.90 bits per heavy atom. The molecule has 0 amide bonds. The molecule has 8 heteroatoms. The van der Waals surface area contributed by atoms with E-state index in [0.29, 0.717) is 27.7 Å². The maximum atomic E-state index is 11.4. The zero-order valence-corrected chi connectivity index (χ0v) is 15.8. The van der Waals surface area contributed by atoms with Gasteiger partial charge in [-0.1, -0.05) is 12.1 Å². The Kier molecular flexibility index (Phi) is 4.92. The summed E-state index contributed by atoms with van der Waals surface area (Å²) in [6.45, 7) is 0. The molecule has 1 N–H and O–H groups in total. The summed E-state index contributed by atoms with van der Waals surface area (Å²) >= 11 is 1.43. The number of thiazole rings is 1. The number of carboxylic acids is 1. The monoisotopic (exact) mass is 406 g/mol. The van der Waals surface area contributed by atoms with Crippen LogP contribution in [0.3, 0.4) is 0 Å². The highest BCUT2D eigenvalue weighted by Crippen LogP contribution is 2.32. The van der Waals surface area contributed by atoms with Crippen molar-refractivity contribution in [2.24, 2.45) is 0 Å². The van der Waals surface area contributed by atoms with Crippen LogP contribution in [0.4, 0.5) is 5.69 Å². The van der Waals surface area contributed by atoms with E-state index in [0.717, 1.165) is 10.2 Å². The van der Waals surface area contributed by atoms with Crippen molar-refractivity contribution in [3.8, 4) is 11.3 Å². The number of furan rings is 1. The molecular weight excluding hydrogens is 392 g/mol. The lowest BCUT2D eigenvalue weighted by Gasteiger charge is -2.00. The molecule has 0 bridgehead atoms. The molecule has 2 aromatic carbocycles. The zero-order valence-electron chi connectivity index (χ0n) is 14.9.